The fourth-order valence-corrected chi connectivity index (χ4v) is 3.27. The summed E-state index contributed by atoms with van der Waals surface area (Å²) < 4.78 is 18.8. The summed E-state index contributed by atoms with van der Waals surface area (Å²) in [5.41, 5.74) is 1.57. The van der Waals surface area contributed by atoms with E-state index in [-0.39, 0.29) is 0 Å². The van der Waals surface area contributed by atoms with E-state index in [2.05, 4.69) is 16.9 Å². The summed E-state index contributed by atoms with van der Waals surface area (Å²) in [5, 5.41) is 3.18. The van der Waals surface area contributed by atoms with Crippen LogP contribution < -0.4 is 5.32 Å². The SMILES string of the molecule is C=CCNc1nc2ccccc2n1[C@@H]1O[C@H](C)[C@@H](OC(C)=O)[C@H]1OC(C)=O. The summed E-state index contributed by atoms with van der Waals surface area (Å²) in [6.07, 6.45) is -0.967. The van der Waals surface area contributed by atoms with E-state index in [1.807, 2.05) is 28.8 Å². The molecule has 1 aliphatic rings. The molecule has 0 spiro atoms. The minimum Gasteiger partial charge on any atom is -0.456 e. The van der Waals surface area contributed by atoms with Crippen molar-refractivity contribution in [3.63, 3.8) is 0 Å². The van der Waals surface area contributed by atoms with Crippen LogP contribution in [0.4, 0.5) is 5.95 Å². The zero-order valence-corrected chi connectivity index (χ0v) is 15.5. The largest absolute Gasteiger partial charge is 0.456 e. The number of fused-ring (bicyclic) bond motifs is 1. The van der Waals surface area contributed by atoms with Gasteiger partial charge in [-0.15, -0.1) is 6.58 Å². The smallest absolute Gasteiger partial charge is 0.303 e. The number of ether oxygens (including phenoxy) is 3. The topological polar surface area (TPSA) is 91.7 Å². The molecule has 0 saturated carbocycles. The van der Waals surface area contributed by atoms with Gasteiger partial charge in [-0.05, 0) is 19.1 Å². The molecule has 0 bridgehead atoms. The van der Waals surface area contributed by atoms with E-state index in [1.54, 1.807) is 13.0 Å². The van der Waals surface area contributed by atoms with Gasteiger partial charge in [-0.25, -0.2) is 4.98 Å². The Labute approximate surface area is 157 Å². The van der Waals surface area contributed by atoms with Gasteiger partial charge in [0, 0.05) is 20.4 Å². The number of nitrogens with zero attached hydrogens (tertiary/aromatic N) is 2. The molecule has 1 saturated heterocycles. The number of hydrogen-bond acceptors (Lipinski definition) is 7. The third-order valence-electron chi connectivity index (χ3n) is 4.28. The van der Waals surface area contributed by atoms with Crippen LogP contribution in [0.5, 0.6) is 0 Å². The van der Waals surface area contributed by atoms with Gasteiger partial charge < -0.3 is 19.5 Å². The minimum absolute atomic E-state index is 0.461. The molecule has 27 heavy (non-hydrogen) atoms. The fourth-order valence-electron chi connectivity index (χ4n) is 3.27. The number of rotatable bonds is 6. The summed E-state index contributed by atoms with van der Waals surface area (Å²) in [7, 11) is 0. The van der Waals surface area contributed by atoms with Crippen LogP contribution in [0, 0.1) is 0 Å². The van der Waals surface area contributed by atoms with Gasteiger partial charge in [-0.2, -0.15) is 0 Å². The number of carbonyl (C=O) groups excluding carboxylic acids is 2. The van der Waals surface area contributed by atoms with E-state index in [4.69, 9.17) is 14.2 Å². The monoisotopic (exact) mass is 373 g/mol. The summed E-state index contributed by atoms with van der Waals surface area (Å²) in [6.45, 7) is 8.61. The van der Waals surface area contributed by atoms with Gasteiger partial charge in [0.05, 0.1) is 17.1 Å². The molecule has 1 N–H and O–H groups in total. The molecule has 0 radical (unpaired) electrons. The molecule has 0 amide bonds. The van der Waals surface area contributed by atoms with Crippen LogP contribution in [0.15, 0.2) is 36.9 Å². The zero-order chi connectivity index (χ0) is 19.6. The molecule has 3 rings (SSSR count). The average molecular weight is 373 g/mol. The maximum atomic E-state index is 11.7. The molecule has 0 unspecified atom stereocenters. The van der Waals surface area contributed by atoms with Gasteiger partial charge in [0.2, 0.25) is 5.95 Å². The van der Waals surface area contributed by atoms with Crippen molar-refractivity contribution in [1.82, 2.24) is 9.55 Å². The molecule has 2 aromatic rings. The van der Waals surface area contributed by atoms with Crippen LogP contribution in [0.2, 0.25) is 0 Å². The molecule has 8 heteroatoms. The Hall–Kier alpha value is -2.87. The number of anilines is 1. The molecule has 8 nitrogen and oxygen atoms in total. The highest BCUT2D eigenvalue weighted by Gasteiger charge is 2.49. The number of para-hydroxylation sites is 2. The van der Waals surface area contributed by atoms with Crippen molar-refractivity contribution in [2.75, 3.05) is 11.9 Å². The Morgan fingerprint density at radius 1 is 1.26 bits per heavy atom. The highest BCUT2D eigenvalue weighted by atomic mass is 16.6. The predicted molar refractivity (Wildman–Crippen MR) is 99.1 cm³/mol. The third kappa shape index (κ3) is 3.80. The maximum absolute atomic E-state index is 11.7. The molecular formula is C19H23N3O5. The highest BCUT2D eigenvalue weighted by molar-refractivity contribution is 5.79. The molecular weight excluding hydrogens is 350 g/mol. The number of nitrogens with one attached hydrogen (secondary N) is 1. The minimum atomic E-state index is -0.803. The lowest BCUT2D eigenvalue weighted by Gasteiger charge is -2.24. The number of benzene rings is 1. The second-order valence-corrected chi connectivity index (χ2v) is 6.34. The first-order valence-corrected chi connectivity index (χ1v) is 8.74. The van der Waals surface area contributed by atoms with E-state index in [0.29, 0.717) is 12.5 Å². The molecule has 1 aromatic heterocycles. The first-order valence-electron chi connectivity index (χ1n) is 8.74. The van der Waals surface area contributed by atoms with Crippen molar-refractivity contribution < 1.29 is 23.8 Å². The Morgan fingerprint density at radius 2 is 1.93 bits per heavy atom. The van der Waals surface area contributed by atoms with Gasteiger partial charge in [0.15, 0.2) is 18.4 Å². The normalized spacial score (nSPS) is 24.6. The van der Waals surface area contributed by atoms with Crippen LogP contribution in [-0.2, 0) is 23.8 Å². The van der Waals surface area contributed by atoms with E-state index < -0.39 is 36.5 Å². The summed E-state index contributed by atoms with van der Waals surface area (Å²) in [4.78, 5) is 27.8. The molecule has 1 aromatic carbocycles. The Balaban J connectivity index is 2.08. The second-order valence-electron chi connectivity index (χ2n) is 6.34. The van der Waals surface area contributed by atoms with Crippen LogP contribution in [0.25, 0.3) is 11.0 Å². The number of esters is 2. The Bertz CT molecular complexity index is 862. The molecule has 0 aliphatic carbocycles. The van der Waals surface area contributed by atoms with Crippen molar-refractivity contribution in [2.45, 2.75) is 45.3 Å². The fraction of sp³-hybridized carbons (Fsp3) is 0.421. The molecule has 2 heterocycles. The molecule has 1 fully saturated rings. The Morgan fingerprint density at radius 3 is 2.59 bits per heavy atom. The van der Waals surface area contributed by atoms with Crippen molar-refractivity contribution in [3.8, 4) is 0 Å². The first kappa shape index (κ1) is 18.9. The third-order valence-corrected chi connectivity index (χ3v) is 4.28. The molecule has 4 atom stereocenters. The van der Waals surface area contributed by atoms with Gasteiger partial charge in [-0.1, -0.05) is 18.2 Å². The van der Waals surface area contributed by atoms with Gasteiger partial charge in [-0.3, -0.25) is 14.2 Å². The van der Waals surface area contributed by atoms with Gasteiger partial charge in [0.25, 0.3) is 0 Å². The number of aromatic nitrogens is 2. The molecule has 1 aliphatic heterocycles. The highest BCUT2D eigenvalue weighted by Crippen LogP contribution is 2.38. The van der Waals surface area contributed by atoms with Crippen molar-refractivity contribution >= 4 is 28.9 Å². The number of hydrogen-bond donors (Lipinski definition) is 1. The standard InChI is InChI=1S/C19H23N3O5/c1-5-10-20-19-21-14-8-6-7-9-15(14)22(19)18-17(27-13(4)24)16(11(2)25-18)26-12(3)23/h5-9,11,16-18H,1,10H2,2-4H3,(H,20,21)/t11-,16-,17-,18-/m1/s1. The average Bonchev–Trinajstić information content (AvgIpc) is 3.11. The number of imidazole rings is 1. The van der Waals surface area contributed by atoms with Crippen molar-refractivity contribution in [1.29, 1.82) is 0 Å². The lowest BCUT2D eigenvalue weighted by molar-refractivity contribution is -0.165. The summed E-state index contributed by atoms with van der Waals surface area (Å²) in [6, 6.07) is 7.56. The molecule has 144 valence electrons. The van der Waals surface area contributed by atoms with Crippen LogP contribution in [0.1, 0.15) is 27.0 Å². The van der Waals surface area contributed by atoms with Gasteiger partial charge in [0.1, 0.15) is 0 Å². The summed E-state index contributed by atoms with van der Waals surface area (Å²) in [5.74, 6) is -0.396. The van der Waals surface area contributed by atoms with E-state index in [0.717, 1.165) is 11.0 Å². The quantitative estimate of drug-likeness (QED) is 0.614. The van der Waals surface area contributed by atoms with E-state index in [1.165, 1.54) is 13.8 Å². The van der Waals surface area contributed by atoms with Crippen molar-refractivity contribution in [2.24, 2.45) is 0 Å². The predicted octanol–water partition coefficient (Wildman–Crippen LogP) is 2.41. The van der Waals surface area contributed by atoms with E-state index in [9.17, 15) is 9.59 Å². The lowest BCUT2D eigenvalue weighted by atomic mass is 10.1. The first-order chi connectivity index (χ1) is 12.9. The lowest BCUT2D eigenvalue weighted by Crippen LogP contribution is -2.38. The van der Waals surface area contributed by atoms with Gasteiger partial charge >= 0.3 is 11.9 Å². The zero-order valence-electron chi connectivity index (χ0n) is 15.5. The number of carbonyl (C=O) groups is 2. The Kier molecular flexibility index (Phi) is 5.46. The van der Waals surface area contributed by atoms with Crippen LogP contribution >= 0.6 is 0 Å². The summed E-state index contributed by atoms with van der Waals surface area (Å²) >= 11 is 0. The van der Waals surface area contributed by atoms with Crippen LogP contribution in [0.3, 0.4) is 0 Å². The maximum Gasteiger partial charge on any atom is 0.303 e. The van der Waals surface area contributed by atoms with Crippen LogP contribution in [-0.4, -0.2) is 46.3 Å². The van der Waals surface area contributed by atoms with E-state index >= 15 is 0 Å². The second kappa shape index (κ2) is 7.79. The van der Waals surface area contributed by atoms with Crippen molar-refractivity contribution in [3.05, 3.63) is 36.9 Å².